The number of aryl methyl sites for hydroxylation is 1. The zero-order chi connectivity index (χ0) is 14.0. The molecule has 6 heteroatoms. The van der Waals surface area contributed by atoms with Gasteiger partial charge in [-0.1, -0.05) is 41.4 Å². The number of halogens is 2. The van der Waals surface area contributed by atoms with E-state index in [1.54, 1.807) is 24.3 Å². The maximum absolute atomic E-state index is 12.2. The molecule has 19 heavy (non-hydrogen) atoms. The van der Waals surface area contributed by atoms with Gasteiger partial charge in [-0.25, -0.2) is 8.42 Å². The van der Waals surface area contributed by atoms with Crippen LogP contribution in [0.1, 0.15) is 5.56 Å². The highest BCUT2D eigenvalue weighted by atomic mass is 35.5. The van der Waals surface area contributed by atoms with Crippen molar-refractivity contribution in [1.29, 1.82) is 0 Å². The van der Waals surface area contributed by atoms with Gasteiger partial charge in [0.1, 0.15) is 4.90 Å². The summed E-state index contributed by atoms with van der Waals surface area (Å²) >= 11 is 11.7. The van der Waals surface area contributed by atoms with Crippen molar-refractivity contribution in [3.63, 3.8) is 0 Å². The van der Waals surface area contributed by atoms with E-state index in [9.17, 15) is 8.42 Å². The molecule has 2 rings (SSSR count). The molecule has 0 bridgehead atoms. The van der Waals surface area contributed by atoms with Crippen molar-refractivity contribution in [3.05, 3.63) is 58.1 Å². The highest BCUT2D eigenvalue weighted by Gasteiger charge is 2.19. The summed E-state index contributed by atoms with van der Waals surface area (Å²) in [6.07, 6.45) is 0. The Labute approximate surface area is 122 Å². The third kappa shape index (κ3) is 3.21. The summed E-state index contributed by atoms with van der Waals surface area (Å²) in [5, 5.41) is 0.220. The quantitative estimate of drug-likeness (QED) is 0.926. The molecule has 0 heterocycles. The highest BCUT2D eigenvalue weighted by Crippen LogP contribution is 2.30. The first-order valence-electron chi connectivity index (χ1n) is 5.43. The van der Waals surface area contributed by atoms with Crippen LogP contribution in [-0.2, 0) is 10.0 Å². The molecular formula is C13H11Cl2NO2S. The van der Waals surface area contributed by atoms with E-state index in [-0.39, 0.29) is 14.9 Å². The fraction of sp³-hybridized carbons (Fsp3) is 0.0769. The summed E-state index contributed by atoms with van der Waals surface area (Å²) in [6, 6.07) is 11.5. The average Bonchev–Trinajstić information content (AvgIpc) is 2.32. The monoisotopic (exact) mass is 315 g/mol. The summed E-state index contributed by atoms with van der Waals surface area (Å²) in [5.41, 5.74) is 1.44. The molecule has 0 amide bonds. The van der Waals surface area contributed by atoms with E-state index in [1.807, 2.05) is 13.0 Å². The topological polar surface area (TPSA) is 46.2 Å². The summed E-state index contributed by atoms with van der Waals surface area (Å²) in [7, 11) is -3.75. The molecule has 3 nitrogen and oxygen atoms in total. The lowest BCUT2D eigenvalue weighted by Crippen LogP contribution is -2.13. The molecule has 0 aliphatic carbocycles. The van der Waals surface area contributed by atoms with Crippen LogP contribution in [0.15, 0.2) is 47.4 Å². The number of rotatable bonds is 3. The van der Waals surface area contributed by atoms with E-state index in [0.717, 1.165) is 5.56 Å². The minimum atomic E-state index is -3.75. The lowest BCUT2D eigenvalue weighted by atomic mass is 10.2. The van der Waals surface area contributed by atoms with Crippen molar-refractivity contribution in [2.45, 2.75) is 11.8 Å². The average molecular weight is 316 g/mol. The zero-order valence-corrected chi connectivity index (χ0v) is 12.4. The molecule has 1 N–H and O–H groups in total. The second-order valence-corrected chi connectivity index (χ2v) is 6.46. The van der Waals surface area contributed by atoms with Gasteiger partial charge in [0.2, 0.25) is 0 Å². The second kappa shape index (κ2) is 5.41. The molecule has 0 radical (unpaired) electrons. The summed E-state index contributed by atoms with van der Waals surface area (Å²) in [5.74, 6) is 0. The number of sulfonamides is 1. The minimum Gasteiger partial charge on any atom is -0.280 e. The van der Waals surface area contributed by atoms with Crippen molar-refractivity contribution < 1.29 is 8.42 Å². The van der Waals surface area contributed by atoms with E-state index in [2.05, 4.69) is 4.72 Å². The van der Waals surface area contributed by atoms with Crippen LogP contribution in [0.25, 0.3) is 0 Å². The first kappa shape index (κ1) is 14.2. The Bertz CT molecular complexity index is 714. The van der Waals surface area contributed by atoms with Gasteiger partial charge in [-0.05, 0) is 36.8 Å². The predicted molar refractivity (Wildman–Crippen MR) is 78.4 cm³/mol. The van der Waals surface area contributed by atoms with Crippen molar-refractivity contribution in [1.82, 2.24) is 0 Å². The maximum atomic E-state index is 12.2. The maximum Gasteiger partial charge on any atom is 0.263 e. The first-order valence-corrected chi connectivity index (χ1v) is 7.67. The fourth-order valence-electron chi connectivity index (χ4n) is 1.61. The normalized spacial score (nSPS) is 11.3. The van der Waals surface area contributed by atoms with Crippen molar-refractivity contribution in [2.75, 3.05) is 4.72 Å². The Balaban J connectivity index is 2.41. The van der Waals surface area contributed by atoms with Gasteiger partial charge in [-0.15, -0.1) is 0 Å². The van der Waals surface area contributed by atoms with Crippen LogP contribution >= 0.6 is 23.2 Å². The Morgan fingerprint density at radius 3 is 2.42 bits per heavy atom. The molecule has 0 unspecified atom stereocenters. The van der Waals surface area contributed by atoms with Crippen LogP contribution in [0.3, 0.4) is 0 Å². The van der Waals surface area contributed by atoms with E-state index in [1.165, 1.54) is 12.1 Å². The molecule has 0 atom stereocenters. The molecule has 0 saturated carbocycles. The molecule has 0 aliphatic rings. The fourth-order valence-corrected chi connectivity index (χ4v) is 3.42. The number of hydrogen-bond acceptors (Lipinski definition) is 2. The molecule has 0 aromatic heterocycles. The predicted octanol–water partition coefficient (Wildman–Crippen LogP) is 4.10. The third-order valence-corrected chi connectivity index (χ3v) is 4.83. The van der Waals surface area contributed by atoms with Gasteiger partial charge in [0.25, 0.3) is 10.0 Å². The summed E-state index contributed by atoms with van der Waals surface area (Å²) in [6.45, 7) is 1.88. The van der Waals surface area contributed by atoms with Crippen molar-refractivity contribution >= 4 is 38.9 Å². The standard InChI is InChI=1S/C13H11Cl2NO2S/c1-9-4-2-5-10(8-9)16-19(17,18)12-7-3-6-11(14)13(12)15/h2-8,16H,1H3. The number of hydrogen-bond donors (Lipinski definition) is 1. The SMILES string of the molecule is Cc1cccc(NS(=O)(=O)c2cccc(Cl)c2Cl)c1. The van der Waals surface area contributed by atoms with Crippen LogP contribution in [0.2, 0.25) is 10.0 Å². The number of anilines is 1. The lowest BCUT2D eigenvalue weighted by Gasteiger charge is -2.10. The molecule has 2 aromatic carbocycles. The van der Waals surface area contributed by atoms with Gasteiger partial charge in [0.05, 0.1) is 10.0 Å². The smallest absolute Gasteiger partial charge is 0.263 e. The van der Waals surface area contributed by atoms with Crippen LogP contribution in [0.5, 0.6) is 0 Å². The van der Waals surface area contributed by atoms with Gasteiger partial charge >= 0.3 is 0 Å². The zero-order valence-electron chi connectivity index (χ0n) is 10.0. The van der Waals surface area contributed by atoms with Gasteiger partial charge in [0.15, 0.2) is 0 Å². The molecule has 100 valence electrons. The van der Waals surface area contributed by atoms with E-state index in [4.69, 9.17) is 23.2 Å². The molecule has 0 fully saturated rings. The van der Waals surface area contributed by atoms with E-state index in [0.29, 0.717) is 5.69 Å². The van der Waals surface area contributed by atoms with Gasteiger partial charge in [0, 0.05) is 5.69 Å². The van der Waals surface area contributed by atoms with Crippen molar-refractivity contribution in [2.24, 2.45) is 0 Å². The first-order chi connectivity index (χ1) is 8.90. The Kier molecular flexibility index (Phi) is 4.04. The highest BCUT2D eigenvalue weighted by molar-refractivity contribution is 7.92. The summed E-state index contributed by atoms with van der Waals surface area (Å²) < 4.78 is 26.9. The van der Waals surface area contributed by atoms with Gasteiger partial charge < -0.3 is 0 Å². The van der Waals surface area contributed by atoms with E-state index < -0.39 is 10.0 Å². The van der Waals surface area contributed by atoms with Crippen LogP contribution in [-0.4, -0.2) is 8.42 Å². The minimum absolute atomic E-state index is 0.0179. The van der Waals surface area contributed by atoms with Crippen LogP contribution < -0.4 is 4.72 Å². The van der Waals surface area contributed by atoms with E-state index >= 15 is 0 Å². The Morgan fingerprint density at radius 1 is 1.05 bits per heavy atom. The van der Waals surface area contributed by atoms with Gasteiger partial charge in [-0.3, -0.25) is 4.72 Å². The lowest BCUT2D eigenvalue weighted by molar-refractivity contribution is 0.601. The van der Waals surface area contributed by atoms with Gasteiger partial charge in [-0.2, -0.15) is 0 Å². The largest absolute Gasteiger partial charge is 0.280 e. The molecule has 2 aromatic rings. The number of benzene rings is 2. The Morgan fingerprint density at radius 2 is 1.74 bits per heavy atom. The molecule has 0 spiro atoms. The molecule has 0 aliphatic heterocycles. The van der Waals surface area contributed by atoms with Crippen LogP contribution in [0, 0.1) is 6.92 Å². The number of nitrogens with one attached hydrogen (secondary N) is 1. The van der Waals surface area contributed by atoms with Crippen molar-refractivity contribution in [3.8, 4) is 0 Å². The Hall–Kier alpha value is -1.23. The molecular weight excluding hydrogens is 305 g/mol. The summed E-state index contributed by atoms with van der Waals surface area (Å²) in [4.78, 5) is -0.0387. The molecule has 0 saturated heterocycles. The second-order valence-electron chi connectivity index (χ2n) is 4.03. The van der Waals surface area contributed by atoms with Crippen LogP contribution in [0.4, 0.5) is 5.69 Å². The third-order valence-electron chi connectivity index (χ3n) is 2.48.